The molecule has 0 bridgehead atoms. The second-order valence-electron chi connectivity index (χ2n) is 8.98. The third-order valence-electron chi connectivity index (χ3n) is 6.71. The Morgan fingerprint density at radius 1 is 1.23 bits per heavy atom. The molecule has 0 saturated carbocycles. The lowest BCUT2D eigenvalue weighted by Crippen LogP contribution is -2.29. The molecule has 1 aliphatic rings. The Morgan fingerprint density at radius 2 is 2.03 bits per heavy atom. The molecular weight excluding hydrogens is 464 g/mol. The van der Waals surface area contributed by atoms with Crippen LogP contribution in [0.2, 0.25) is 0 Å². The van der Waals surface area contributed by atoms with Gasteiger partial charge in [0.05, 0.1) is 29.1 Å². The summed E-state index contributed by atoms with van der Waals surface area (Å²) in [5.41, 5.74) is 4.52. The molecular formula is C26H30N4O4S. The lowest BCUT2D eigenvalue weighted by molar-refractivity contribution is 0.0983. The minimum atomic E-state index is -3.62. The first-order chi connectivity index (χ1) is 16.9. The van der Waals surface area contributed by atoms with E-state index in [-0.39, 0.29) is 4.90 Å². The van der Waals surface area contributed by atoms with Gasteiger partial charge < -0.3 is 14.8 Å². The molecule has 8 nitrogen and oxygen atoms in total. The fourth-order valence-corrected chi connectivity index (χ4v) is 6.73. The normalized spacial score (nSPS) is 15.1. The van der Waals surface area contributed by atoms with Gasteiger partial charge in [0.25, 0.3) is 0 Å². The largest absolute Gasteiger partial charge is 0.495 e. The molecule has 3 heterocycles. The van der Waals surface area contributed by atoms with Crippen LogP contribution in [0.15, 0.2) is 41.4 Å². The Kier molecular flexibility index (Phi) is 6.37. The van der Waals surface area contributed by atoms with Crippen molar-refractivity contribution >= 4 is 43.1 Å². The van der Waals surface area contributed by atoms with Gasteiger partial charge >= 0.3 is 0 Å². The number of aromatic nitrogens is 3. The first kappa shape index (κ1) is 23.6. The molecule has 35 heavy (non-hydrogen) atoms. The predicted molar refractivity (Wildman–Crippen MR) is 137 cm³/mol. The van der Waals surface area contributed by atoms with Gasteiger partial charge in [-0.25, -0.2) is 8.42 Å². The number of nitrogens with zero attached hydrogens (tertiary/aromatic N) is 2. The van der Waals surface area contributed by atoms with Gasteiger partial charge in [0.2, 0.25) is 0 Å². The van der Waals surface area contributed by atoms with E-state index in [1.54, 1.807) is 12.1 Å². The fourth-order valence-electron chi connectivity index (χ4n) is 4.85. The van der Waals surface area contributed by atoms with Gasteiger partial charge in [0.1, 0.15) is 10.6 Å². The first-order valence-corrected chi connectivity index (χ1v) is 13.5. The van der Waals surface area contributed by atoms with Crippen LogP contribution in [0.5, 0.6) is 5.75 Å². The van der Waals surface area contributed by atoms with Crippen LogP contribution < -0.4 is 10.1 Å². The molecule has 0 unspecified atom stereocenters. The van der Waals surface area contributed by atoms with Crippen molar-refractivity contribution in [3.63, 3.8) is 0 Å². The number of rotatable bonds is 7. The van der Waals surface area contributed by atoms with Crippen molar-refractivity contribution in [3.8, 4) is 5.75 Å². The lowest BCUT2D eigenvalue weighted by atomic mass is 10.0. The van der Waals surface area contributed by atoms with Crippen LogP contribution in [-0.4, -0.2) is 49.2 Å². The van der Waals surface area contributed by atoms with Gasteiger partial charge in [-0.15, -0.1) is 0 Å². The average Bonchev–Trinajstić information content (AvgIpc) is 3.29. The van der Waals surface area contributed by atoms with E-state index in [0.29, 0.717) is 43.1 Å². The molecule has 0 radical (unpaired) electrons. The van der Waals surface area contributed by atoms with Crippen molar-refractivity contribution < 1.29 is 17.9 Å². The van der Waals surface area contributed by atoms with Crippen LogP contribution in [0.4, 0.5) is 11.5 Å². The van der Waals surface area contributed by atoms with Gasteiger partial charge in [-0.05, 0) is 49.4 Å². The average molecular weight is 495 g/mol. The molecule has 0 spiro atoms. The van der Waals surface area contributed by atoms with Crippen LogP contribution in [0.25, 0.3) is 21.8 Å². The number of sulfone groups is 1. The summed E-state index contributed by atoms with van der Waals surface area (Å²) in [6, 6.07) is 9.46. The van der Waals surface area contributed by atoms with E-state index in [4.69, 9.17) is 9.47 Å². The van der Waals surface area contributed by atoms with Crippen molar-refractivity contribution in [1.82, 2.24) is 15.2 Å². The van der Waals surface area contributed by atoms with E-state index in [1.807, 2.05) is 31.3 Å². The standard InChI is InChI=1S/C26H30N4O4S/c1-4-6-17-15-27-21-14-22(33-3)23(35(31,32)18-9-11-34-12-10-18)13-19(21)25(17)28-26-24-16(2)7-5-8-20(24)29-30-26/h5,7-8,13-15,18H,4,6,9-12H2,1-3H3,(H2,27,28,29,30). The summed E-state index contributed by atoms with van der Waals surface area (Å²) >= 11 is 0. The van der Waals surface area contributed by atoms with Crippen LogP contribution in [0.3, 0.4) is 0 Å². The fraction of sp³-hybridized carbons (Fsp3) is 0.385. The number of anilines is 2. The van der Waals surface area contributed by atoms with Gasteiger partial charge in [0.15, 0.2) is 15.7 Å². The summed E-state index contributed by atoms with van der Waals surface area (Å²) in [6.07, 6.45) is 4.51. The summed E-state index contributed by atoms with van der Waals surface area (Å²) in [6.45, 7) is 5.04. The first-order valence-electron chi connectivity index (χ1n) is 12.0. The van der Waals surface area contributed by atoms with E-state index < -0.39 is 15.1 Å². The number of hydrogen-bond donors (Lipinski definition) is 2. The molecule has 0 atom stereocenters. The number of hydrogen-bond acceptors (Lipinski definition) is 7. The summed E-state index contributed by atoms with van der Waals surface area (Å²) in [4.78, 5) is 4.85. The topological polar surface area (TPSA) is 106 Å². The molecule has 1 fully saturated rings. The second-order valence-corrected chi connectivity index (χ2v) is 11.2. The van der Waals surface area contributed by atoms with Crippen LogP contribution in [0.1, 0.15) is 37.3 Å². The van der Waals surface area contributed by atoms with Crippen molar-refractivity contribution in [2.45, 2.75) is 49.7 Å². The summed E-state index contributed by atoms with van der Waals surface area (Å²) in [5.74, 6) is 1.01. The number of ether oxygens (including phenoxy) is 2. The molecule has 0 amide bonds. The van der Waals surface area contributed by atoms with E-state index >= 15 is 0 Å². The summed E-state index contributed by atoms with van der Waals surface area (Å²) in [7, 11) is -2.13. The number of aryl methyl sites for hydroxylation is 2. The Labute approximate surface area is 205 Å². The van der Waals surface area contributed by atoms with Gasteiger partial charge in [-0.2, -0.15) is 5.10 Å². The predicted octanol–water partition coefficient (Wildman–Crippen LogP) is 5.08. The number of benzene rings is 2. The van der Waals surface area contributed by atoms with Crippen molar-refractivity contribution in [3.05, 3.63) is 47.7 Å². The molecule has 5 rings (SSSR count). The lowest BCUT2D eigenvalue weighted by Gasteiger charge is -2.23. The number of aromatic amines is 1. The molecule has 2 N–H and O–H groups in total. The maximum atomic E-state index is 13.7. The minimum absolute atomic E-state index is 0.195. The number of pyridine rings is 1. The molecule has 1 aliphatic heterocycles. The Hall–Kier alpha value is -3.17. The molecule has 0 aliphatic carbocycles. The highest BCUT2D eigenvalue weighted by Gasteiger charge is 2.32. The van der Waals surface area contributed by atoms with Crippen LogP contribution >= 0.6 is 0 Å². The van der Waals surface area contributed by atoms with E-state index in [0.717, 1.165) is 45.9 Å². The molecule has 9 heteroatoms. The summed E-state index contributed by atoms with van der Waals surface area (Å²) < 4.78 is 38.3. The number of nitrogens with one attached hydrogen (secondary N) is 2. The maximum absolute atomic E-state index is 13.7. The smallest absolute Gasteiger partial charge is 0.185 e. The van der Waals surface area contributed by atoms with Crippen molar-refractivity contribution in [2.75, 3.05) is 25.6 Å². The number of methoxy groups -OCH3 is 1. The molecule has 2 aromatic heterocycles. The highest BCUT2D eigenvalue weighted by Crippen LogP contribution is 2.39. The van der Waals surface area contributed by atoms with Crippen LogP contribution in [0, 0.1) is 6.92 Å². The van der Waals surface area contributed by atoms with Gasteiger partial charge in [-0.1, -0.05) is 25.5 Å². The van der Waals surface area contributed by atoms with Crippen LogP contribution in [-0.2, 0) is 21.0 Å². The third-order valence-corrected chi connectivity index (χ3v) is 8.99. The Balaban J connectivity index is 1.71. The molecule has 1 saturated heterocycles. The molecule has 4 aromatic rings. The zero-order chi connectivity index (χ0) is 24.6. The summed E-state index contributed by atoms with van der Waals surface area (Å²) in [5, 5.41) is 12.4. The zero-order valence-corrected chi connectivity index (χ0v) is 21.0. The van der Waals surface area contributed by atoms with E-state index in [2.05, 4.69) is 27.4 Å². The Bertz CT molecular complexity index is 1490. The van der Waals surface area contributed by atoms with E-state index in [1.165, 1.54) is 7.11 Å². The van der Waals surface area contributed by atoms with Crippen molar-refractivity contribution in [2.24, 2.45) is 0 Å². The number of H-pyrrole nitrogens is 1. The van der Waals surface area contributed by atoms with Gasteiger partial charge in [-0.3, -0.25) is 10.1 Å². The van der Waals surface area contributed by atoms with Gasteiger partial charge in [0, 0.05) is 36.2 Å². The highest BCUT2D eigenvalue weighted by molar-refractivity contribution is 7.92. The second kappa shape index (κ2) is 9.47. The SMILES string of the molecule is CCCc1cnc2cc(OC)c(S(=O)(=O)C3CCOCC3)cc2c1Nc1n[nH]c2cccc(C)c12. The molecule has 2 aromatic carbocycles. The monoisotopic (exact) mass is 494 g/mol. The third kappa shape index (κ3) is 4.23. The number of fused-ring (bicyclic) bond motifs is 2. The van der Waals surface area contributed by atoms with Crippen molar-refractivity contribution in [1.29, 1.82) is 0 Å². The minimum Gasteiger partial charge on any atom is -0.495 e. The Morgan fingerprint density at radius 3 is 2.77 bits per heavy atom. The quantitative estimate of drug-likeness (QED) is 0.369. The zero-order valence-electron chi connectivity index (χ0n) is 20.2. The highest BCUT2D eigenvalue weighted by atomic mass is 32.2. The maximum Gasteiger partial charge on any atom is 0.185 e. The molecule has 184 valence electrons. The van der Waals surface area contributed by atoms with E-state index in [9.17, 15) is 8.42 Å².